The van der Waals surface area contributed by atoms with Crippen molar-refractivity contribution in [2.45, 2.75) is 38.1 Å². The SMILES string of the molecule is NCC(C1CCOCC1)N1CC2CCCC2C1. The van der Waals surface area contributed by atoms with Crippen molar-refractivity contribution in [1.29, 1.82) is 0 Å². The molecule has 0 spiro atoms. The van der Waals surface area contributed by atoms with E-state index in [0.29, 0.717) is 6.04 Å². The summed E-state index contributed by atoms with van der Waals surface area (Å²) in [5.41, 5.74) is 6.05. The van der Waals surface area contributed by atoms with E-state index in [1.54, 1.807) is 0 Å². The molecule has 2 heterocycles. The Morgan fingerprint density at radius 1 is 1.06 bits per heavy atom. The van der Waals surface area contributed by atoms with E-state index in [-0.39, 0.29) is 0 Å². The predicted molar refractivity (Wildman–Crippen MR) is 68.8 cm³/mol. The average Bonchev–Trinajstić information content (AvgIpc) is 2.92. The molecule has 1 aliphatic carbocycles. The second-order valence-corrected chi connectivity index (χ2v) is 6.16. The Bertz CT molecular complexity index is 241. The van der Waals surface area contributed by atoms with Gasteiger partial charge in [-0.2, -0.15) is 0 Å². The first-order valence-electron chi connectivity index (χ1n) is 7.40. The zero-order valence-corrected chi connectivity index (χ0v) is 10.8. The summed E-state index contributed by atoms with van der Waals surface area (Å²) < 4.78 is 5.47. The Kier molecular flexibility index (Phi) is 3.69. The molecular formula is C14H26N2O. The predicted octanol–water partition coefficient (Wildman–Crippen LogP) is 1.47. The lowest BCUT2D eigenvalue weighted by Gasteiger charge is -2.36. The summed E-state index contributed by atoms with van der Waals surface area (Å²) in [5.74, 6) is 2.76. The van der Waals surface area contributed by atoms with E-state index >= 15 is 0 Å². The maximum atomic E-state index is 6.05. The molecule has 2 N–H and O–H groups in total. The molecule has 17 heavy (non-hydrogen) atoms. The molecule has 98 valence electrons. The van der Waals surface area contributed by atoms with Crippen LogP contribution in [0.1, 0.15) is 32.1 Å². The zero-order valence-electron chi connectivity index (χ0n) is 10.8. The van der Waals surface area contributed by atoms with Crippen molar-refractivity contribution in [3.05, 3.63) is 0 Å². The van der Waals surface area contributed by atoms with Crippen LogP contribution in [0.2, 0.25) is 0 Å². The third kappa shape index (κ3) is 2.38. The van der Waals surface area contributed by atoms with Crippen LogP contribution in [0.4, 0.5) is 0 Å². The lowest BCUT2D eigenvalue weighted by Crippen LogP contribution is -2.46. The molecule has 0 aromatic carbocycles. The molecule has 3 atom stereocenters. The Balaban J connectivity index is 1.61. The van der Waals surface area contributed by atoms with Crippen molar-refractivity contribution >= 4 is 0 Å². The molecule has 2 aliphatic heterocycles. The normalized spacial score (nSPS) is 37.2. The molecule has 0 aromatic rings. The number of hydrogen-bond donors (Lipinski definition) is 1. The molecule has 3 aliphatic rings. The highest BCUT2D eigenvalue weighted by atomic mass is 16.5. The van der Waals surface area contributed by atoms with E-state index < -0.39 is 0 Å². The first kappa shape index (κ1) is 11.9. The standard InChI is InChI=1S/C14H26N2O/c15-8-14(11-4-6-17-7-5-11)16-9-12-2-1-3-13(12)10-16/h11-14H,1-10,15H2. The number of nitrogens with zero attached hydrogens (tertiary/aromatic N) is 1. The molecule has 0 aromatic heterocycles. The second kappa shape index (κ2) is 5.25. The molecule has 2 saturated heterocycles. The maximum absolute atomic E-state index is 6.05. The van der Waals surface area contributed by atoms with Gasteiger partial charge >= 0.3 is 0 Å². The molecule has 3 nitrogen and oxygen atoms in total. The van der Waals surface area contributed by atoms with E-state index in [4.69, 9.17) is 10.5 Å². The van der Waals surface area contributed by atoms with Gasteiger partial charge in [-0.3, -0.25) is 4.90 Å². The van der Waals surface area contributed by atoms with Crippen molar-refractivity contribution in [2.24, 2.45) is 23.5 Å². The van der Waals surface area contributed by atoms with E-state index in [9.17, 15) is 0 Å². The average molecular weight is 238 g/mol. The fourth-order valence-electron chi connectivity index (χ4n) is 4.28. The first-order valence-corrected chi connectivity index (χ1v) is 7.40. The highest BCUT2D eigenvalue weighted by Gasteiger charge is 2.40. The van der Waals surface area contributed by atoms with Crippen molar-refractivity contribution < 1.29 is 4.74 Å². The van der Waals surface area contributed by atoms with Crippen molar-refractivity contribution in [1.82, 2.24) is 4.90 Å². The van der Waals surface area contributed by atoms with Crippen LogP contribution in [0.3, 0.4) is 0 Å². The van der Waals surface area contributed by atoms with Crippen molar-refractivity contribution in [3.8, 4) is 0 Å². The fraction of sp³-hybridized carbons (Fsp3) is 1.00. The molecule has 0 bridgehead atoms. The van der Waals surface area contributed by atoms with Crippen LogP contribution in [0.25, 0.3) is 0 Å². The molecular weight excluding hydrogens is 212 g/mol. The summed E-state index contributed by atoms with van der Waals surface area (Å²) in [6.07, 6.45) is 6.83. The van der Waals surface area contributed by atoms with E-state index in [0.717, 1.165) is 37.5 Å². The molecule has 1 saturated carbocycles. The van der Waals surface area contributed by atoms with Crippen LogP contribution in [-0.4, -0.2) is 43.8 Å². The minimum atomic E-state index is 0.629. The summed E-state index contributed by atoms with van der Waals surface area (Å²) in [6, 6.07) is 0.629. The van der Waals surface area contributed by atoms with Crippen LogP contribution in [0.5, 0.6) is 0 Å². The van der Waals surface area contributed by atoms with E-state index in [2.05, 4.69) is 4.90 Å². The van der Waals surface area contributed by atoms with Gasteiger partial charge in [0.1, 0.15) is 0 Å². The first-order chi connectivity index (χ1) is 8.38. The zero-order chi connectivity index (χ0) is 11.7. The summed E-state index contributed by atoms with van der Waals surface area (Å²) >= 11 is 0. The highest BCUT2D eigenvalue weighted by Crippen LogP contribution is 2.39. The Hall–Kier alpha value is -0.120. The fourth-order valence-corrected chi connectivity index (χ4v) is 4.28. The number of likely N-dealkylation sites (tertiary alicyclic amines) is 1. The van der Waals surface area contributed by atoms with Gasteiger partial charge < -0.3 is 10.5 Å². The Morgan fingerprint density at radius 3 is 2.29 bits per heavy atom. The van der Waals surface area contributed by atoms with Crippen molar-refractivity contribution in [2.75, 3.05) is 32.8 Å². The Labute approximate surface area is 105 Å². The van der Waals surface area contributed by atoms with Gasteiger partial charge in [0.05, 0.1) is 0 Å². The van der Waals surface area contributed by atoms with Crippen LogP contribution < -0.4 is 5.73 Å². The van der Waals surface area contributed by atoms with Gasteiger partial charge in [0.2, 0.25) is 0 Å². The maximum Gasteiger partial charge on any atom is 0.0469 e. The van der Waals surface area contributed by atoms with Gasteiger partial charge in [0.15, 0.2) is 0 Å². The number of hydrogen-bond acceptors (Lipinski definition) is 3. The lowest BCUT2D eigenvalue weighted by atomic mass is 9.90. The van der Waals surface area contributed by atoms with Crippen LogP contribution in [0.15, 0.2) is 0 Å². The molecule has 0 radical (unpaired) electrons. The van der Waals surface area contributed by atoms with Gasteiger partial charge in [-0.1, -0.05) is 6.42 Å². The van der Waals surface area contributed by atoms with Crippen molar-refractivity contribution in [3.63, 3.8) is 0 Å². The van der Waals surface area contributed by atoms with E-state index in [1.807, 2.05) is 0 Å². The van der Waals surface area contributed by atoms with Crippen LogP contribution in [0, 0.1) is 17.8 Å². The quantitative estimate of drug-likeness (QED) is 0.809. The van der Waals surface area contributed by atoms with Gasteiger partial charge in [-0.25, -0.2) is 0 Å². The van der Waals surface area contributed by atoms with Gasteiger partial charge in [0.25, 0.3) is 0 Å². The largest absolute Gasteiger partial charge is 0.381 e. The van der Waals surface area contributed by atoms with E-state index in [1.165, 1.54) is 45.2 Å². The van der Waals surface area contributed by atoms with Gasteiger partial charge in [0, 0.05) is 38.9 Å². The third-order valence-electron chi connectivity index (χ3n) is 5.28. The lowest BCUT2D eigenvalue weighted by molar-refractivity contribution is 0.0315. The van der Waals surface area contributed by atoms with Crippen LogP contribution >= 0.6 is 0 Å². The summed E-state index contributed by atoms with van der Waals surface area (Å²) in [5, 5.41) is 0. The minimum absolute atomic E-state index is 0.629. The molecule has 3 fully saturated rings. The summed E-state index contributed by atoms with van der Waals surface area (Å²) in [7, 11) is 0. The highest BCUT2D eigenvalue weighted by molar-refractivity contribution is 4.93. The molecule has 3 rings (SSSR count). The molecule has 3 unspecified atom stereocenters. The van der Waals surface area contributed by atoms with Gasteiger partial charge in [-0.05, 0) is 43.4 Å². The summed E-state index contributed by atoms with van der Waals surface area (Å²) in [6.45, 7) is 5.38. The Morgan fingerprint density at radius 2 is 1.71 bits per heavy atom. The number of nitrogens with two attached hydrogens (primary N) is 1. The third-order valence-corrected chi connectivity index (χ3v) is 5.28. The number of ether oxygens (including phenoxy) is 1. The number of fused-ring (bicyclic) bond motifs is 1. The number of rotatable bonds is 3. The minimum Gasteiger partial charge on any atom is -0.381 e. The summed E-state index contributed by atoms with van der Waals surface area (Å²) in [4.78, 5) is 2.71. The van der Waals surface area contributed by atoms with Crippen LogP contribution in [-0.2, 0) is 4.74 Å². The molecule has 3 heteroatoms. The monoisotopic (exact) mass is 238 g/mol. The van der Waals surface area contributed by atoms with Gasteiger partial charge in [-0.15, -0.1) is 0 Å². The smallest absolute Gasteiger partial charge is 0.0469 e. The topological polar surface area (TPSA) is 38.5 Å². The second-order valence-electron chi connectivity index (χ2n) is 6.16. The molecule has 0 amide bonds.